The van der Waals surface area contributed by atoms with Crippen LogP contribution < -0.4 is 5.73 Å². The zero-order valence-corrected chi connectivity index (χ0v) is 9.30. The number of alkyl halides is 3. The Kier molecular flexibility index (Phi) is 3.13. The van der Waals surface area contributed by atoms with Gasteiger partial charge in [0.05, 0.1) is 11.4 Å². The third-order valence-electron chi connectivity index (χ3n) is 2.35. The summed E-state index contributed by atoms with van der Waals surface area (Å²) >= 11 is 0. The van der Waals surface area contributed by atoms with Crippen LogP contribution >= 0.6 is 0 Å². The molecule has 0 spiro atoms. The third-order valence-corrected chi connectivity index (χ3v) is 2.35. The van der Waals surface area contributed by atoms with Crippen LogP contribution in [0.4, 0.5) is 27.6 Å². The molecule has 2 nitrogen and oxygen atoms in total. The monoisotopic (exact) mass is 274 g/mol. The van der Waals surface area contributed by atoms with Gasteiger partial charge in [-0.3, -0.25) is 0 Å². The molecule has 0 fully saturated rings. The van der Waals surface area contributed by atoms with E-state index in [1.54, 1.807) is 0 Å². The first kappa shape index (κ1) is 13.3. The molecule has 0 radical (unpaired) electrons. The molecule has 2 rings (SSSR count). The van der Waals surface area contributed by atoms with Crippen molar-refractivity contribution in [2.24, 2.45) is 0 Å². The molecule has 2 aromatic rings. The SMILES string of the molecule is Nc1ccc(C(F)(F)F)nc1-c1cc(F)cc(F)c1. The molecule has 0 aliphatic rings. The third kappa shape index (κ3) is 2.81. The zero-order chi connectivity index (χ0) is 14.2. The predicted molar refractivity (Wildman–Crippen MR) is 59.0 cm³/mol. The molecule has 0 amide bonds. The lowest BCUT2D eigenvalue weighted by Crippen LogP contribution is -2.09. The van der Waals surface area contributed by atoms with Crippen molar-refractivity contribution in [3.63, 3.8) is 0 Å². The van der Waals surface area contributed by atoms with Crippen molar-refractivity contribution in [1.29, 1.82) is 0 Å². The lowest BCUT2D eigenvalue weighted by atomic mass is 10.1. The largest absolute Gasteiger partial charge is 0.433 e. The number of hydrogen-bond donors (Lipinski definition) is 1. The van der Waals surface area contributed by atoms with E-state index in [1.807, 2.05) is 0 Å². The fraction of sp³-hybridized carbons (Fsp3) is 0.0833. The van der Waals surface area contributed by atoms with Gasteiger partial charge in [0.1, 0.15) is 17.3 Å². The van der Waals surface area contributed by atoms with Crippen LogP contribution in [0.15, 0.2) is 30.3 Å². The van der Waals surface area contributed by atoms with Crippen LogP contribution in [-0.2, 0) is 6.18 Å². The average molecular weight is 274 g/mol. The van der Waals surface area contributed by atoms with E-state index in [0.717, 1.165) is 18.2 Å². The predicted octanol–water partition coefficient (Wildman–Crippen LogP) is 3.63. The molecule has 0 bridgehead atoms. The quantitative estimate of drug-likeness (QED) is 0.806. The lowest BCUT2D eigenvalue weighted by Gasteiger charge is -2.10. The smallest absolute Gasteiger partial charge is 0.397 e. The maximum atomic E-state index is 13.0. The van der Waals surface area contributed by atoms with Gasteiger partial charge in [-0.25, -0.2) is 13.8 Å². The summed E-state index contributed by atoms with van der Waals surface area (Å²) in [5, 5.41) is 0. The minimum atomic E-state index is -4.66. The van der Waals surface area contributed by atoms with E-state index < -0.39 is 23.5 Å². The maximum absolute atomic E-state index is 13.0. The Morgan fingerprint density at radius 1 is 0.947 bits per heavy atom. The van der Waals surface area contributed by atoms with Crippen LogP contribution in [0.2, 0.25) is 0 Å². The molecular weight excluding hydrogens is 267 g/mol. The van der Waals surface area contributed by atoms with Crippen molar-refractivity contribution in [2.75, 3.05) is 5.73 Å². The Bertz CT molecular complexity index is 602. The van der Waals surface area contributed by atoms with Crippen LogP contribution in [0.3, 0.4) is 0 Å². The first-order valence-electron chi connectivity index (χ1n) is 5.07. The number of aromatic nitrogens is 1. The van der Waals surface area contributed by atoms with Crippen molar-refractivity contribution in [3.8, 4) is 11.3 Å². The molecule has 0 saturated heterocycles. The standard InChI is InChI=1S/C12H7F5N2/c13-7-3-6(4-8(14)5-7)11-9(18)1-2-10(19-11)12(15,16)17/h1-5H,18H2. The summed E-state index contributed by atoms with van der Waals surface area (Å²) in [6.45, 7) is 0. The highest BCUT2D eigenvalue weighted by Crippen LogP contribution is 2.32. The number of nitrogens with zero attached hydrogens (tertiary/aromatic N) is 1. The van der Waals surface area contributed by atoms with Crippen LogP contribution in [0.25, 0.3) is 11.3 Å². The van der Waals surface area contributed by atoms with Gasteiger partial charge in [0, 0.05) is 11.6 Å². The van der Waals surface area contributed by atoms with Crippen molar-refractivity contribution in [2.45, 2.75) is 6.18 Å². The van der Waals surface area contributed by atoms with Crippen molar-refractivity contribution in [3.05, 3.63) is 47.7 Å². The summed E-state index contributed by atoms with van der Waals surface area (Å²) in [6.07, 6.45) is -4.66. The van der Waals surface area contributed by atoms with E-state index >= 15 is 0 Å². The molecule has 1 aromatic heterocycles. The van der Waals surface area contributed by atoms with E-state index in [4.69, 9.17) is 5.73 Å². The number of halogens is 5. The lowest BCUT2D eigenvalue weighted by molar-refractivity contribution is -0.141. The van der Waals surface area contributed by atoms with Crippen molar-refractivity contribution < 1.29 is 22.0 Å². The van der Waals surface area contributed by atoms with Crippen molar-refractivity contribution >= 4 is 5.69 Å². The molecule has 19 heavy (non-hydrogen) atoms. The van der Waals surface area contributed by atoms with Crippen LogP contribution in [0.1, 0.15) is 5.69 Å². The summed E-state index contributed by atoms with van der Waals surface area (Å²) in [4.78, 5) is 3.31. The number of hydrogen-bond acceptors (Lipinski definition) is 2. The van der Waals surface area contributed by atoms with Gasteiger partial charge in [-0.15, -0.1) is 0 Å². The molecule has 0 atom stereocenters. The van der Waals surface area contributed by atoms with Gasteiger partial charge in [-0.2, -0.15) is 13.2 Å². The van der Waals surface area contributed by atoms with Crippen LogP contribution in [-0.4, -0.2) is 4.98 Å². The topological polar surface area (TPSA) is 38.9 Å². The van der Waals surface area contributed by atoms with Crippen molar-refractivity contribution in [1.82, 2.24) is 4.98 Å². The minimum Gasteiger partial charge on any atom is -0.397 e. The number of benzene rings is 1. The number of pyridine rings is 1. The molecule has 2 N–H and O–H groups in total. The molecule has 0 saturated carbocycles. The average Bonchev–Trinajstić information content (AvgIpc) is 2.26. The number of nitrogens with two attached hydrogens (primary N) is 1. The number of nitrogen functional groups attached to an aromatic ring is 1. The summed E-state index contributed by atoms with van der Waals surface area (Å²) in [5.41, 5.74) is 3.75. The Balaban J connectivity index is 2.61. The second-order valence-electron chi connectivity index (χ2n) is 3.79. The van der Waals surface area contributed by atoms with Crippen LogP contribution in [0, 0.1) is 11.6 Å². The van der Waals surface area contributed by atoms with Gasteiger partial charge in [-0.1, -0.05) is 0 Å². The minimum absolute atomic E-state index is 0.0991. The van der Waals surface area contributed by atoms with Gasteiger partial charge < -0.3 is 5.73 Å². The van der Waals surface area contributed by atoms with Gasteiger partial charge in [-0.05, 0) is 24.3 Å². The molecule has 100 valence electrons. The zero-order valence-electron chi connectivity index (χ0n) is 9.30. The molecule has 1 aromatic carbocycles. The Morgan fingerprint density at radius 3 is 2.05 bits per heavy atom. The van der Waals surface area contributed by atoms with Gasteiger partial charge in [0.25, 0.3) is 0 Å². The van der Waals surface area contributed by atoms with Gasteiger partial charge in [0.2, 0.25) is 0 Å². The van der Waals surface area contributed by atoms with Crippen LogP contribution in [0.5, 0.6) is 0 Å². The summed E-state index contributed by atoms with van der Waals surface area (Å²) in [6, 6.07) is 4.03. The van der Waals surface area contributed by atoms with E-state index in [2.05, 4.69) is 4.98 Å². The fourth-order valence-corrected chi connectivity index (χ4v) is 1.55. The number of anilines is 1. The number of rotatable bonds is 1. The second-order valence-corrected chi connectivity index (χ2v) is 3.79. The Hall–Kier alpha value is -2.18. The van der Waals surface area contributed by atoms with E-state index in [1.165, 1.54) is 0 Å². The summed E-state index contributed by atoms with van der Waals surface area (Å²) in [7, 11) is 0. The maximum Gasteiger partial charge on any atom is 0.433 e. The molecular formula is C12H7F5N2. The van der Waals surface area contributed by atoms with Gasteiger partial charge in [0.15, 0.2) is 0 Å². The van der Waals surface area contributed by atoms with E-state index in [-0.39, 0.29) is 16.9 Å². The summed E-state index contributed by atoms with van der Waals surface area (Å²) in [5.74, 6) is -1.85. The first-order valence-corrected chi connectivity index (χ1v) is 5.07. The molecule has 0 aliphatic heterocycles. The highest BCUT2D eigenvalue weighted by molar-refractivity contribution is 5.72. The molecule has 0 unspecified atom stereocenters. The highest BCUT2D eigenvalue weighted by Gasteiger charge is 2.33. The first-order chi connectivity index (χ1) is 8.77. The molecule has 0 aliphatic carbocycles. The second kappa shape index (κ2) is 4.49. The molecule has 7 heteroatoms. The Morgan fingerprint density at radius 2 is 1.53 bits per heavy atom. The normalized spacial score (nSPS) is 11.6. The van der Waals surface area contributed by atoms with E-state index in [0.29, 0.717) is 12.1 Å². The molecule has 1 heterocycles. The summed E-state index contributed by atoms with van der Waals surface area (Å²) < 4.78 is 63.7. The van der Waals surface area contributed by atoms with Gasteiger partial charge >= 0.3 is 6.18 Å². The fourth-order valence-electron chi connectivity index (χ4n) is 1.55. The van der Waals surface area contributed by atoms with E-state index in [9.17, 15) is 22.0 Å². The Labute approximate surface area is 104 Å². The highest BCUT2D eigenvalue weighted by atomic mass is 19.4.